The monoisotopic (exact) mass is 485 g/mol. The molecule has 0 aliphatic heterocycles. The summed E-state index contributed by atoms with van der Waals surface area (Å²) in [5, 5.41) is 2.69. The maximum atomic E-state index is 13.2. The van der Waals surface area contributed by atoms with Gasteiger partial charge in [-0.3, -0.25) is 9.59 Å². The van der Waals surface area contributed by atoms with Gasteiger partial charge in [0, 0.05) is 19.8 Å². The Kier molecular flexibility index (Phi) is 8.08. The molecule has 1 aromatic heterocycles. The van der Waals surface area contributed by atoms with Crippen molar-refractivity contribution >= 4 is 27.5 Å². The zero-order chi connectivity index (χ0) is 24.7. The van der Waals surface area contributed by atoms with Gasteiger partial charge in [0.15, 0.2) is 6.61 Å². The maximum Gasteiger partial charge on any atom is 0.259 e. The summed E-state index contributed by atoms with van der Waals surface area (Å²) in [6.07, 6.45) is 1.45. The SMILES string of the molecule is Cc1ccc(S(=O)(=O)N(CC(=O)Nc2ccc(OCC(=O)N(C)C)cc2)Cc2ccco2)cc1. The number of likely N-dealkylation sites (N-methyl/N-ethyl adjacent to an activating group) is 1. The summed E-state index contributed by atoms with van der Waals surface area (Å²) in [7, 11) is -0.679. The van der Waals surface area contributed by atoms with Crippen LogP contribution in [0.4, 0.5) is 5.69 Å². The number of furan rings is 1. The molecule has 0 saturated heterocycles. The van der Waals surface area contributed by atoms with Crippen molar-refractivity contribution in [1.82, 2.24) is 9.21 Å². The van der Waals surface area contributed by atoms with E-state index >= 15 is 0 Å². The summed E-state index contributed by atoms with van der Waals surface area (Å²) in [5.74, 6) is 0.189. The summed E-state index contributed by atoms with van der Waals surface area (Å²) < 4.78 is 38.2. The second-order valence-electron chi connectivity index (χ2n) is 7.81. The molecule has 1 N–H and O–H groups in total. The van der Waals surface area contributed by atoms with Crippen LogP contribution in [0.5, 0.6) is 5.75 Å². The van der Waals surface area contributed by atoms with Gasteiger partial charge in [-0.25, -0.2) is 8.42 Å². The van der Waals surface area contributed by atoms with Crippen LogP contribution in [0.2, 0.25) is 0 Å². The van der Waals surface area contributed by atoms with Crippen LogP contribution in [-0.2, 0) is 26.2 Å². The molecule has 3 rings (SSSR count). The van der Waals surface area contributed by atoms with Crippen molar-refractivity contribution in [2.75, 3.05) is 32.6 Å². The van der Waals surface area contributed by atoms with Gasteiger partial charge in [0.1, 0.15) is 11.5 Å². The summed E-state index contributed by atoms with van der Waals surface area (Å²) in [5.41, 5.74) is 1.38. The number of hydrogen-bond donors (Lipinski definition) is 1. The van der Waals surface area contributed by atoms with E-state index in [2.05, 4.69) is 5.32 Å². The molecule has 0 bridgehead atoms. The van der Waals surface area contributed by atoms with E-state index in [1.807, 2.05) is 6.92 Å². The highest BCUT2D eigenvalue weighted by Gasteiger charge is 2.27. The van der Waals surface area contributed by atoms with E-state index in [0.717, 1.165) is 9.87 Å². The van der Waals surface area contributed by atoms with Crippen LogP contribution in [0.15, 0.2) is 76.2 Å². The first-order valence-electron chi connectivity index (χ1n) is 10.5. The Balaban J connectivity index is 1.69. The smallest absolute Gasteiger partial charge is 0.259 e. The summed E-state index contributed by atoms with van der Waals surface area (Å²) in [6.45, 7) is 1.26. The molecule has 0 atom stereocenters. The van der Waals surface area contributed by atoms with Gasteiger partial charge in [-0.1, -0.05) is 17.7 Å². The van der Waals surface area contributed by atoms with E-state index in [1.165, 1.54) is 23.3 Å². The quantitative estimate of drug-likeness (QED) is 0.473. The molecule has 3 aromatic rings. The van der Waals surface area contributed by atoms with Crippen molar-refractivity contribution in [3.63, 3.8) is 0 Å². The molecule has 2 aromatic carbocycles. The lowest BCUT2D eigenvalue weighted by molar-refractivity contribution is -0.130. The Bertz CT molecular complexity index is 1200. The molecule has 0 fully saturated rings. The number of anilines is 1. The standard InChI is InChI=1S/C24H27N3O6S/c1-18-6-12-22(13-7-18)34(30,31)27(15-21-5-4-14-32-21)16-23(28)25-19-8-10-20(11-9-19)33-17-24(29)26(2)3/h4-14H,15-17H2,1-3H3,(H,25,28). The third-order valence-corrected chi connectivity index (χ3v) is 6.70. The second-order valence-corrected chi connectivity index (χ2v) is 9.75. The molecule has 1 heterocycles. The Labute approximate surface area is 199 Å². The molecule has 0 aliphatic rings. The van der Waals surface area contributed by atoms with Crippen molar-refractivity contribution in [2.24, 2.45) is 0 Å². The van der Waals surface area contributed by atoms with Gasteiger partial charge < -0.3 is 19.4 Å². The Morgan fingerprint density at radius 3 is 2.26 bits per heavy atom. The lowest BCUT2D eigenvalue weighted by atomic mass is 10.2. The molecular formula is C24H27N3O6S. The fraction of sp³-hybridized carbons (Fsp3) is 0.250. The molecule has 10 heteroatoms. The van der Waals surface area contributed by atoms with E-state index < -0.39 is 22.5 Å². The van der Waals surface area contributed by atoms with Crippen LogP contribution >= 0.6 is 0 Å². The fourth-order valence-corrected chi connectivity index (χ4v) is 4.29. The Morgan fingerprint density at radius 2 is 1.68 bits per heavy atom. The van der Waals surface area contributed by atoms with Crippen molar-refractivity contribution in [3.8, 4) is 5.75 Å². The molecule has 0 unspecified atom stereocenters. The molecular weight excluding hydrogens is 458 g/mol. The molecule has 180 valence electrons. The van der Waals surface area contributed by atoms with E-state index in [0.29, 0.717) is 17.2 Å². The average molecular weight is 486 g/mol. The highest BCUT2D eigenvalue weighted by Crippen LogP contribution is 2.20. The van der Waals surface area contributed by atoms with Crippen LogP contribution in [0.25, 0.3) is 0 Å². The largest absolute Gasteiger partial charge is 0.484 e. The zero-order valence-electron chi connectivity index (χ0n) is 19.2. The third-order valence-electron chi connectivity index (χ3n) is 4.89. The van der Waals surface area contributed by atoms with E-state index in [1.54, 1.807) is 62.6 Å². The van der Waals surface area contributed by atoms with Crippen molar-refractivity contribution < 1.29 is 27.2 Å². The van der Waals surface area contributed by atoms with Gasteiger partial charge in [-0.05, 0) is 55.5 Å². The number of ether oxygens (including phenoxy) is 1. The number of rotatable bonds is 10. The van der Waals surface area contributed by atoms with Crippen molar-refractivity contribution in [3.05, 3.63) is 78.3 Å². The van der Waals surface area contributed by atoms with Crippen LogP contribution in [0.3, 0.4) is 0 Å². The third kappa shape index (κ3) is 6.69. The van der Waals surface area contributed by atoms with Gasteiger partial charge in [-0.2, -0.15) is 4.31 Å². The number of carbonyl (C=O) groups excluding carboxylic acids is 2. The number of amides is 2. The van der Waals surface area contributed by atoms with Crippen LogP contribution < -0.4 is 10.1 Å². The lowest BCUT2D eigenvalue weighted by Crippen LogP contribution is -2.37. The normalized spacial score (nSPS) is 11.3. The summed E-state index contributed by atoms with van der Waals surface area (Å²) in [6, 6.07) is 16.2. The van der Waals surface area contributed by atoms with Gasteiger partial charge >= 0.3 is 0 Å². The fourth-order valence-electron chi connectivity index (χ4n) is 2.93. The van der Waals surface area contributed by atoms with Crippen LogP contribution in [-0.4, -0.2) is 56.7 Å². The first kappa shape index (κ1) is 25.0. The predicted molar refractivity (Wildman–Crippen MR) is 127 cm³/mol. The van der Waals surface area contributed by atoms with E-state index in [4.69, 9.17) is 9.15 Å². The molecule has 0 aliphatic carbocycles. The van der Waals surface area contributed by atoms with E-state index in [9.17, 15) is 18.0 Å². The highest BCUT2D eigenvalue weighted by molar-refractivity contribution is 7.89. The summed E-state index contributed by atoms with van der Waals surface area (Å²) >= 11 is 0. The number of carbonyl (C=O) groups is 2. The molecule has 34 heavy (non-hydrogen) atoms. The molecule has 0 saturated carbocycles. The number of benzene rings is 2. The Morgan fingerprint density at radius 1 is 1.00 bits per heavy atom. The van der Waals surface area contributed by atoms with Gasteiger partial charge in [0.05, 0.1) is 24.2 Å². The number of sulfonamides is 1. The topological polar surface area (TPSA) is 109 Å². The minimum atomic E-state index is -3.95. The van der Waals surface area contributed by atoms with Crippen LogP contribution in [0.1, 0.15) is 11.3 Å². The predicted octanol–water partition coefficient (Wildman–Crippen LogP) is 2.88. The zero-order valence-corrected chi connectivity index (χ0v) is 20.0. The second kappa shape index (κ2) is 11.0. The number of hydrogen-bond acceptors (Lipinski definition) is 6. The minimum absolute atomic E-state index is 0.0891. The van der Waals surface area contributed by atoms with Gasteiger partial charge in [-0.15, -0.1) is 0 Å². The van der Waals surface area contributed by atoms with Gasteiger partial charge in [0.25, 0.3) is 5.91 Å². The maximum absolute atomic E-state index is 13.2. The number of nitrogens with zero attached hydrogens (tertiary/aromatic N) is 2. The summed E-state index contributed by atoms with van der Waals surface area (Å²) in [4.78, 5) is 25.9. The minimum Gasteiger partial charge on any atom is -0.484 e. The van der Waals surface area contributed by atoms with E-state index in [-0.39, 0.29) is 24.0 Å². The molecule has 0 radical (unpaired) electrons. The van der Waals surface area contributed by atoms with Crippen molar-refractivity contribution in [2.45, 2.75) is 18.4 Å². The first-order chi connectivity index (χ1) is 16.1. The van der Waals surface area contributed by atoms with Crippen LogP contribution in [0, 0.1) is 6.92 Å². The Hall–Kier alpha value is -3.63. The molecule has 0 spiro atoms. The number of aryl methyl sites for hydroxylation is 1. The van der Waals surface area contributed by atoms with Gasteiger partial charge in [0.2, 0.25) is 15.9 Å². The average Bonchev–Trinajstić information content (AvgIpc) is 3.31. The first-order valence-corrected chi connectivity index (χ1v) is 11.9. The highest BCUT2D eigenvalue weighted by atomic mass is 32.2. The molecule has 2 amide bonds. The van der Waals surface area contributed by atoms with Crippen molar-refractivity contribution in [1.29, 1.82) is 0 Å². The number of nitrogens with one attached hydrogen (secondary N) is 1. The molecule has 9 nitrogen and oxygen atoms in total. The lowest BCUT2D eigenvalue weighted by Gasteiger charge is -2.21.